The van der Waals surface area contributed by atoms with Gasteiger partial charge in [0, 0.05) is 0 Å². The number of fused-ring (bicyclic) bond motifs is 8. The predicted molar refractivity (Wildman–Crippen MR) is 134 cm³/mol. The average Bonchev–Trinajstić information content (AvgIpc) is 2.81. The third-order valence-corrected chi connectivity index (χ3v) is 9.29. The molecule has 8 bridgehead atoms. The molecule has 3 N–H and O–H groups in total. The Morgan fingerprint density at radius 2 is 0.697 bits per heavy atom. The summed E-state index contributed by atoms with van der Waals surface area (Å²) in [7, 11) is 1.62. The molecule has 4 nitrogen and oxygen atoms in total. The van der Waals surface area contributed by atoms with Crippen LogP contribution >= 0.6 is 47.0 Å². The first-order chi connectivity index (χ1) is 16.0. The molecule has 4 aromatic carbocycles. The fraction of sp³-hybridized carbons (Fsp3) is 0.0400. The van der Waals surface area contributed by atoms with Crippen LogP contribution in [0.2, 0.25) is 0 Å². The predicted octanol–water partition coefficient (Wildman–Crippen LogP) is 7.73. The fourth-order valence-corrected chi connectivity index (χ4v) is 7.52. The number of phenols is 3. The molecule has 8 heteroatoms. The van der Waals surface area contributed by atoms with Crippen LogP contribution in [0.1, 0.15) is 0 Å². The summed E-state index contributed by atoms with van der Waals surface area (Å²) in [6.07, 6.45) is 0. The van der Waals surface area contributed by atoms with Gasteiger partial charge in [0.25, 0.3) is 0 Å². The fourth-order valence-electron chi connectivity index (χ4n) is 3.33. The average molecular weight is 511 g/mol. The number of methoxy groups -OCH3 is 1. The topological polar surface area (TPSA) is 69.9 Å². The molecule has 1 aliphatic rings. The van der Waals surface area contributed by atoms with E-state index >= 15 is 0 Å². The number of aromatic hydroxyl groups is 3. The largest absolute Gasteiger partial charge is 0.506 e. The number of hydrogen-bond acceptors (Lipinski definition) is 8. The van der Waals surface area contributed by atoms with Crippen molar-refractivity contribution in [2.75, 3.05) is 7.11 Å². The monoisotopic (exact) mass is 510 g/mol. The molecule has 0 saturated carbocycles. The van der Waals surface area contributed by atoms with Crippen LogP contribution in [0.15, 0.2) is 112 Å². The molecular weight excluding hydrogens is 493 g/mol. The van der Waals surface area contributed by atoms with E-state index in [9.17, 15) is 15.3 Å². The first-order valence-electron chi connectivity index (χ1n) is 9.89. The SMILES string of the molecule is COc1c2cccc1Sc1cccc(c1O)Sc1cccc(c1O)Sc1cccc(c1O)S2. The van der Waals surface area contributed by atoms with Gasteiger partial charge in [-0.25, -0.2) is 0 Å². The van der Waals surface area contributed by atoms with Crippen LogP contribution in [0.4, 0.5) is 0 Å². The van der Waals surface area contributed by atoms with Gasteiger partial charge >= 0.3 is 0 Å². The minimum Gasteiger partial charge on any atom is -0.506 e. The Hall–Kier alpha value is -2.52. The van der Waals surface area contributed by atoms with Gasteiger partial charge in [0.1, 0.15) is 23.0 Å². The van der Waals surface area contributed by atoms with Crippen LogP contribution in [0, 0.1) is 0 Å². The van der Waals surface area contributed by atoms with Gasteiger partial charge in [-0.05, 0) is 48.5 Å². The molecule has 33 heavy (non-hydrogen) atoms. The maximum absolute atomic E-state index is 11.0. The van der Waals surface area contributed by atoms with Gasteiger partial charge in [-0.3, -0.25) is 0 Å². The minimum absolute atomic E-state index is 0.112. The van der Waals surface area contributed by atoms with Gasteiger partial charge in [0.2, 0.25) is 0 Å². The quantitative estimate of drug-likeness (QED) is 0.212. The molecule has 5 rings (SSSR count). The van der Waals surface area contributed by atoms with Crippen molar-refractivity contribution in [1.29, 1.82) is 0 Å². The second kappa shape index (κ2) is 9.38. The van der Waals surface area contributed by atoms with Crippen LogP contribution in [0.25, 0.3) is 0 Å². The van der Waals surface area contributed by atoms with Gasteiger partial charge in [-0.15, -0.1) is 0 Å². The Kier molecular flexibility index (Phi) is 6.34. The molecule has 0 aliphatic carbocycles. The molecular formula is C25H18O4S4. The Morgan fingerprint density at radius 3 is 0.970 bits per heavy atom. The molecule has 0 saturated heterocycles. The lowest BCUT2D eigenvalue weighted by Crippen LogP contribution is -1.90. The van der Waals surface area contributed by atoms with Gasteiger partial charge in [0.15, 0.2) is 0 Å². The highest BCUT2D eigenvalue weighted by Crippen LogP contribution is 2.52. The van der Waals surface area contributed by atoms with E-state index in [1.807, 2.05) is 72.8 Å². The molecule has 166 valence electrons. The third-order valence-electron chi connectivity index (χ3n) is 4.91. The second-order valence-electron chi connectivity index (χ2n) is 7.00. The Bertz CT molecular complexity index is 1260. The molecule has 1 heterocycles. The van der Waals surface area contributed by atoms with Crippen LogP contribution in [0.5, 0.6) is 23.0 Å². The summed E-state index contributed by atoms with van der Waals surface area (Å²) >= 11 is 5.40. The van der Waals surface area contributed by atoms with Crippen LogP contribution < -0.4 is 4.74 Å². The van der Waals surface area contributed by atoms with Crippen molar-refractivity contribution in [2.24, 2.45) is 0 Å². The van der Waals surface area contributed by atoms with Gasteiger partial charge in [-0.2, -0.15) is 0 Å². The van der Waals surface area contributed by atoms with Gasteiger partial charge < -0.3 is 20.1 Å². The van der Waals surface area contributed by atoms with Crippen LogP contribution in [-0.4, -0.2) is 22.4 Å². The van der Waals surface area contributed by atoms with E-state index in [0.717, 1.165) is 9.79 Å². The van der Waals surface area contributed by atoms with E-state index in [4.69, 9.17) is 4.74 Å². The summed E-state index contributed by atoms with van der Waals surface area (Å²) in [4.78, 5) is 5.58. The first-order valence-corrected chi connectivity index (χ1v) is 13.2. The molecule has 0 spiro atoms. The molecule has 0 aromatic heterocycles. The number of phenolic OH excluding ortho intramolecular Hbond substituents is 3. The summed E-state index contributed by atoms with van der Waals surface area (Å²) < 4.78 is 5.75. The van der Waals surface area contributed by atoms with Crippen LogP contribution in [-0.2, 0) is 0 Å². The maximum atomic E-state index is 11.0. The maximum Gasteiger partial charge on any atom is 0.146 e. The van der Waals surface area contributed by atoms with Crippen molar-refractivity contribution in [3.63, 3.8) is 0 Å². The van der Waals surface area contributed by atoms with E-state index in [1.165, 1.54) is 47.0 Å². The van der Waals surface area contributed by atoms with Crippen molar-refractivity contribution >= 4 is 47.0 Å². The van der Waals surface area contributed by atoms with Crippen molar-refractivity contribution in [3.05, 3.63) is 72.8 Å². The number of para-hydroxylation sites is 4. The summed E-state index contributed by atoms with van der Waals surface area (Å²) in [5, 5.41) is 33.0. The molecule has 0 radical (unpaired) electrons. The third kappa shape index (κ3) is 4.36. The van der Waals surface area contributed by atoms with Crippen molar-refractivity contribution in [3.8, 4) is 23.0 Å². The second-order valence-corrected chi connectivity index (χ2v) is 11.3. The number of rotatable bonds is 1. The summed E-state index contributed by atoms with van der Waals surface area (Å²) in [5.74, 6) is 1.10. The highest BCUT2D eigenvalue weighted by atomic mass is 32.2. The Labute approximate surface area is 208 Å². The Balaban J connectivity index is 1.72. The van der Waals surface area contributed by atoms with Crippen molar-refractivity contribution in [2.45, 2.75) is 39.2 Å². The summed E-state index contributed by atoms with van der Waals surface area (Å²) in [6.45, 7) is 0. The lowest BCUT2D eigenvalue weighted by Gasteiger charge is -2.17. The van der Waals surface area contributed by atoms with E-state index in [1.54, 1.807) is 7.11 Å². The first kappa shape index (κ1) is 22.3. The van der Waals surface area contributed by atoms with E-state index < -0.39 is 0 Å². The van der Waals surface area contributed by atoms with E-state index in [-0.39, 0.29) is 17.2 Å². The zero-order valence-corrected chi connectivity index (χ0v) is 20.6. The highest BCUT2D eigenvalue weighted by molar-refractivity contribution is 8.01. The zero-order valence-electron chi connectivity index (χ0n) is 17.3. The standard InChI is InChI=1S/C25H18O4S4/c1-29-25-20-12-5-13-21(25)33-19-11-4-9-17(24(19)28)31-15-7-2-6-14(22(15)26)30-16-8-3-10-18(32-20)23(16)27/h2-13,26-28H,1H3. The lowest BCUT2D eigenvalue weighted by atomic mass is 10.3. The minimum atomic E-state index is 0.112. The lowest BCUT2D eigenvalue weighted by molar-refractivity contribution is 0.394. The normalized spacial score (nSPS) is 12.9. The summed E-state index contributed by atoms with van der Waals surface area (Å²) in [6, 6.07) is 22.4. The molecule has 0 fully saturated rings. The molecule has 0 atom stereocenters. The number of ether oxygens (including phenoxy) is 1. The molecule has 0 unspecified atom stereocenters. The van der Waals surface area contributed by atoms with Crippen molar-refractivity contribution in [1.82, 2.24) is 0 Å². The van der Waals surface area contributed by atoms with Gasteiger partial charge in [0.05, 0.1) is 46.3 Å². The number of hydrogen-bond donors (Lipinski definition) is 3. The molecule has 1 aliphatic heterocycles. The van der Waals surface area contributed by atoms with Crippen LogP contribution in [0.3, 0.4) is 0 Å². The summed E-state index contributed by atoms with van der Waals surface area (Å²) in [5.41, 5.74) is 0. The van der Waals surface area contributed by atoms with Crippen molar-refractivity contribution < 1.29 is 20.1 Å². The smallest absolute Gasteiger partial charge is 0.146 e. The van der Waals surface area contributed by atoms with E-state index in [2.05, 4.69) is 0 Å². The molecule has 4 aromatic rings. The van der Waals surface area contributed by atoms with Gasteiger partial charge in [-0.1, -0.05) is 71.3 Å². The molecule has 0 amide bonds. The Morgan fingerprint density at radius 1 is 0.455 bits per heavy atom. The number of benzene rings is 4. The zero-order chi connectivity index (χ0) is 22.9. The highest BCUT2D eigenvalue weighted by Gasteiger charge is 2.20. The van der Waals surface area contributed by atoms with E-state index in [0.29, 0.717) is 35.1 Å².